The molecule has 45 heavy (non-hydrogen) atoms. The molecular weight excluding hydrogens is 620 g/mol. The first-order chi connectivity index (χ1) is 21.6. The molecule has 6 heterocycles. The molecule has 1 saturated heterocycles. The number of nitrogens with one attached hydrogen (secondary N) is 2. The van der Waals surface area contributed by atoms with Gasteiger partial charge in [-0.25, -0.2) is 24.3 Å². The molecule has 0 amide bonds. The van der Waals surface area contributed by atoms with Gasteiger partial charge in [-0.15, -0.1) is 0 Å². The summed E-state index contributed by atoms with van der Waals surface area (Å²) in [5, 5.41) is 6.43. The Bertz CT molecular complexity index is 1950. The highest BCUT2D eigenvalue weighted by Gasteiger charge is 2.37. The number of H-pyrrole nitrogens is 2. The average molecular weight is 645 g/mol. The van der Waals surface area contributed by atoms with Crippen LogP contribution < -0.4 is 10.4 Å². The van der Waals surface area contributed by atoms with Gasteiger partial charge in [0.15, 0.2) is 5.82 Å². The van der Waals surface area contributed by atoms with Crippen LogP contribution in [0, 0.1) is 5.82 Å². The first kappa shape index (κ1) is 29.4. The van der Waals surface area contributed by atoms with Crippen LogP contribution in [0.25, 0.3) is 22.6 Å². The van der Waals surface area contributed by atoms with Crippen LogP contribution in [0.3, 0.4) is 0 Å². The molecule has 1 aromatic carbocycles. The van der Waals surface area contributed by atoms with Gasteiger partial charge < -0.3 is 14.0 Å². The Kier molecular flexibility index (Phi) is 7.54. The minimum atomic E-state index is -4.71. The van der Waals surface area contributed by atoms with Gasteiger partial charge in [0.05, 0.1) is 42.1 Å². The van der Waals surface area contributed by atoms with E-state index in [1.807, 2.05) is 9.47 Å². The molecule has 0 bridgehead atoms. The number of alkyl halides is 3. The molecule has 11 nitrogen and oxygen atoms in total. The number of aromatic nitrogens is 7. The summed E-state index contributed by atoms with van der Waals surface area (Å²) < 4.78 is 69.4. The van der Waals surface area contributed by atoms with Gasteiger partial charge in [-0.1, -0.05) is 17.7 Å². The van der Waals surface area contributed by atoms with Gasteiger partial charge in [0.1, 0.15) is 29.5 Å². The maximum atomic E-state index is 14.3. The van der Waals surface area contributed by atoms with Crippen molar-refractivity contribution in [3.8, 4) is 17.4 Å². The number of halogens is 5. The minimum absolute atomic E-state index is 0.0262. The molecule has 5 aromatic rings. The van der Waals surface area contributed by atoms with E-state index in [0.717, 1.165) is 29.9 Å². The molecule has 4 aromatic heterocycles. The van der Waals surface area contributed by atoms with E-state index in [1.165, 1.54) is 12.1 Å². The summed E-state index contributed by atoms with van der Waals surface area (Å²) in [4.78, 5) is 29.8. The average Bonchev–Trinajstić information content (AvgIpc) is 3.55. The number of pyridine rings is 2. The van der Waals surface area contributed by atoms with Crippen LogP contribution in [0.1, 0.15) is 34.6 Å². The first-order valence-electron chi connectivity index (χ1n) is 14.1. The molecule has 2 aliphatic heterocycles. The lowest BCUT2D eigenvalue weighted by molar-refractivity contribution is -0.139. The molecular formula is C29H25ClF4N8O3. The highest BCUT2D eigenvalue weighted by molar-refractivity contribution is 6.30. The summed E-state index contributed by atoms with van der Waals surface area (Å²) in [5.41, 5.74) is 1.38. The van der Waals surface area contributed by atoms with E-state index in [9.17, 15) is 22.4 Å². The maximum absolute atomic E-state index is 14.3. The lowest BCUT2D eigenvalue weighted by atomic mass is 10.0. The summed E-state index contributed by atoms with van der Waals surface area (Å²) in [6.07, 6.45) is -1.77. The number of benzene rings is 1. The molecule has 1 atom stereocenters. The minimum Gasteiger partial charge on any atom is -0.472 e. The smallest absolute Gasteiger partial charge is 0.421 e. The second-order valence-corrected chi connectivity index (χ2v) is 11.4. The van der Waals surface area contributed by atoms with E-state index in [-0.39, 0.29) is 29.1 Å². The zero-order valence-corrected chi connectivity index (χ0v) is 24.3. The van der Waals surface area contributed by atoms with Crippen molar-refractivity contribution in [1.82, 2.24) is 39.6 Å². The number of fused-ring (bicyclic) bond motifs is 2. The number of imidazole rings is 1. The number of rotatable bonds is 8. The number of nitrogens with zero attached hydrogens (tertiary/aromatic N) is 6. The Morgan fingerprint density at radius 2 is 2.02 bits per heavy atom. The van der Waals surface area contributed by atoms with Crippen molar-refractivity contribution < 1.29 is 27.0 Å². The van der Waals surface area contributed by atoms with Crippen LogP contribution in [0.4, 0.5) is 17.6 Å². The fourth-order valence-corrected chi connectivity index (χ4v) is 5.64. The van der Waals surface area contributed by atoms with Gasteiger partial charge in [0, 0.05) is 30.3 Å². The molecule has 1 fully saturated rings. The Labute approximate surface area is 257 Å². The Balaban J connectivity index is 1.16. The Morgan fingerprint density at radius 3 is 2.73 bits per heavy atom. The molecule has 0 aliphatic carbocycles. The van der Waals surface area contributed by atoms with Gasteiger partial charge in [-0.05, 0) is 42.7 Å². The van der Waals surface area contributed by atoms with E-state index in [0.29, 0.717) is 55.1 Å². The third-order valence-electron chi connectivity index (χ3n) is 7.91. The van der Waals surface area contributed by atoms with Crippen LogP contribution in [0.5, 0.6) is 5.88 Å². The summed E-state index contributed by atoms with van der Waals surface area (Å²) in [5.74, 6) is -0.286. The molecule has 7 rings (SSSR count). The van der Waals surface area contributed by atoms with E-state index in [1.54, 1.807) is 12.3 Å². The lowest BCUT2D eigenvalue weighted by Crippen LogP contribution is -2.34. The molecule has 2 aliphatic rings. The van der Waals surface area contributed by atoms with Crippen molar-refractivity contribution in [2.75, 3.05) is 13.2 Å². The molecule has 0 saturated carbocycles. The molecule has 2 N–H and O–H groups in total. The summed E-state index contributed by atoms with van der Waals surface area (Å²) in [6, 6.07) is 6.68. The van der Waals surface area contributed by atoms with Gasteiger partial charge in [0.2, 0.25) is 5.88 Å². The van der Waals surface area contributed by atoms with Crippen molar-refractivity contribution in [2.24, 2.45) is 0 Å². The van der Waals surface area contributed by atoms with Crippen LogP contribution in [-0.4, -0.2) is 58.9 Å². The van der Waals surface area contributed by atoms with Gasteiger partial charge in [-0.3, -0.25) is 14.9 Å². The standard InChI is InChI=1S/C29H25ClF4N8O3/c30-17-2-1-16(20(31)8-17)14-45-27-19(29(32,33)34)7-15-3-5-41(12-23(15)37-27)13-25-36-21-9-22(26-38-28(43)40-39-26)35-10-24(21)42(25)11-18-4-6-44-18/h1-2,7-10,18H,3-6,11-14H2,(H2,38,39,40,43)/t18-/m0/s1. The summed E-state index contributed by atoms with van der Waals surface area (Å²) in [7, 11) is 0. The van der Waals surface area contributed by atoms with Crippen LogP contribution >= 0.6 is 11.6 Å². The van der Waals surface area contributed by atoms with Crippen LogP contribution in [0.15, 0.2) is 41.3 Å². The number of hydrogen-bond donors (Lipinski definition) is 2. The van der Waals surface area contributed by atoms with E-state index >= 15 is 0 Å². The molecule has 16 heteroatoms. The van der Waals surface area contributed by atoms with Crippen LogP contribution in [0.2, 0.25) is 5.02 Å². The van der Waals surface area contributed by atoms with E-state index < -0.39 is 35.7 Å². The normalized spacial score (nSPS) is 17.0. The molecule has 0 spiro atoms. The SMILES string of the molecule is O=c1[nH]nc(-c2cc3nc(CN4CCc5cc(C(F)(F)F)c(OCc6ccc(Cl)cc6F)nc5C4)n(C[C@@H]4CCO4)c3cn2)[nH]1. The fourth-order valence-electron chi connectivity index (χ4n) is 5.48. The van der Waals surface area contributed by atoms with Crippen molar-refractivity contribution in [3.63, 3.8) is 0 Å². The third-order valence-corrected chi connectivity index (χ3v) is 8.15. The monoisotopic (exact) mass is 644 g/mol. The Hall–Kier alpha value is -4.34. The lowest BCUT2D eigenvalue weighted by Gasteiger charge is -2.30. The maximum Gasteiger partial charge on any atom is 0.421 e. The molecule has 0 radical (unpaired) electrons. The first-order valence-corrected chi connectivity index (χ1v) is 14.5. The van der Waals surface area contributed by atoms with Gasteiger partial charge >= 0.3 is 11.9 Å². The number of aromatic amines is 2. The zero-order valence-electron chi connectivity index (χ0n) is 23.5. The van der Waals surface area contributed by atoms with E-state index in [2.05, 4.69) is 25.1 Å². The summed E-state index contributed by atoms with van der Waals surface area (Å²) >= 11 is 5.79. The molecule has 234 valence electrons. The van der Waals surface area contributed by atoms with Crippen molar-refractivity contribution in [3.05, 3.63) is 86.1 Å². The zero-order chi connectivity index (χ0) is 31.3. The largest absolute Gasteiger partial charge is 0.472 e. The second-order valence-electron chi connectivity index (χ2n) is 10.9. The highest BCUT2D eigenvalue weighted by atomic mass is 35.5. The fraction of sp³-hybridized carbons (Fsp3) is 0.345. The predicted octanol–water partition coefficient (Wildman–Crippen LogP) is 4.64. The number of hydrogen-bond acceptors (Lipinski definition) is 8. The van der Waals surface area contributed by atoms with E-state index in [4.69, 9.17) is 26.1 Å². The molecule has 0 unspecified atom stereocenters. The van der Waals surface area contributed by atoms with Crippen molar-refractivity contribution in [1.29, 1.82) is 0 Å². The topological polar surface area (TPSA) is 127 Å². The van der Waals surface area contributed by atoms with Gasteiger partial charge in [0.25, 0.3) is 0 Å². The summed E-state index contributed by atoms with van der Waals surface area (Å²) in [6.45, 7) is 1.90. The quantitative estimate of drug-likeness (QED) is 0.234. The third kappa shape index (κ3) is 6.02. The van der Waals surface area contributed by atoms with Crippen molar-refractivity contribution in [2.45, 2.75) is 51.4 Å². The number of ether oxygens (including phenoxy) is 2. The Morgan fingerprint density at radius 1 is 1.18 bits per heavy atom. The van der Waals surface area contributed by atoms with Gasteiger partial charge in [-0.2, -0.15) is 18.3 Å². The highest BCUT2D eigenvalue weighted by Crippen LogP contribution is 2.38. The second kappa shape index (κ2) is 11.5. The predicted molar refractivity (Wildman–Crippen MR) is 153 cm³/mol. The van der Waals surface area contributed by atoms with Crippen LogP contribution in [-0.2, 0) is 43.6 Å². The van der Waals surface area contributed by atoms with Crippen molar-refractivity contribution >= 4 is 22.6 Å².